The number of amides is 1. The molecule has 1 aliphatic heterocycles. The third kappa shape index (κ3) is 2.81. The second kappa shape index (κ2) is 5.54. The first-order chi connectivity index (χ1) is 8.22. The smallest absolute Gasteiger partial charge is 0.255 e. The Kier molecular flexibility index (Phi) is 4.06. The van der Waals surface area contributed by atoms with Crippen LogP contribution in [0.2, 0.25) is 5.02 Å². The fourth-order valence-electron chi connectivity index (χ4n) is 2.47. The van der Waals surface area contributed by atoms with Crippen LogP contribution in [-0.2, 0) is 0 Å². The lowest BCUT2D eigenvalue weighted by atomic mass is 10.0. The highest BCUT2D eigenvalue weighted by Gasteiger charge is 2.27. The van der Waals surface area contributed by atoms with Gasteiger partial charge in [-0.3, -0.25) is 4.79 Å². The maximum Gasteiger partial charge on any atom is 0.255 e. The molecule has 1 aliphatic rings. The van der Waals surface area contributed by atoms with Gasteiger partial charge in [0.25, 0.3) is 5.91 Å². The van der Waals surface area contributed by atoms with Crippen molar-refractivity contribution in [3.8, 4) is 0 Å². The van der Waals surface area contributed by atoms with Crippen LogP contribution in [-0.4, -0.2) is 23.9 Å². The predicted octanol–water partition coefficient (Wildman–Crippen LogP) is 3.60. The molecule has 1 aromatic carbocycles. The molecule has 2 rings (SSSR count). The van der Waals surface area contributed by atoms with Gasteiger partial charge < -0.3 is 4.90 Å². The second-order valence-electron chi connectivity index (χ2n) is 4.67. The van der Waals surface area contributed by atoms with E-state index in [-0.39, 0.29) is 5.91 Å². The molecule has 0 saturated carbocycles. The molecule has 1 aromatic rings. The Hall–Kier alpha value is -1.02. The largest absolute Gasteiger partial charge is 0.338 e. The SMILES string of the molecule is CCC[C@H]1CCN(C(=O)c2ccccc2Cl)C1. The molecule has 3 heteroatoms. The quantitative estimate of drug-likeness (QED) is 0.804. The number of carbonyl (C=O) groups excluding carboxylic acids is 1. The molecule has 0 aromatic heterocycles. The topological polar surface area (TPSA) is 20.3 Å². The molecule has 0 spiro atoms. The molecule has 2 nitrogen and oxygen atoms in total. The zero-order valence-electron chi connectivity index (χ0n) is 10.2. The predicted molar refractivity (Wildman–Crippen MR) is 70.4 cm³/mol. The first-order valence-electron chi connectivity index (χ1n) is 6.26. The summed E-state index contributed by atoms with van der Waals surface area (Å²) in [5, 5.41) is 0.552. The summed E-state index contributed by atoms with van der Waals surface area (Å²) in [5.74, 6) is 0.751. The van der Waals surface area contributed by atoms with Crippen LogP contribution in [0.15, 0.2) is 24.3 Å². The second-order valence-corrected chi connectivity index (χ2v) is 5.08. The highest BCUT2D eigenvalue weighted by Crippen LogP contribution is 2.24. The monoisotopic (exact) mass is 251 g/mol. The van der Waals surface area contributed by atoms with E-state index < -0.39 is 0 Å². The molecule has 1 atom stereocenters. The average Bonchev–Trinajstić information content (AvgIpc) is 2.78. The summed E-state index contributed by atoms with van der Waals surface area (Å²) in [5.41, 5.74) is 0.631. The third-order valence-corrected chi connectivity index (χ3v) is 3.70. The standard InChI is InChI=1S/C14H18ClNO/c1-2-5-11-8-9-16(10-11)14(17)12-6-3-4-7-13(12)15/h3-4,6-7,11H,2,5,8-10H2,1H3/t11-/m0/s1. The minimum Gasteiger partial charge on any atom is -0.338 e. The van der Waals surface area contributed by atoms with Gasteiger partial charge in [-0.1, -0.05) is 37.1 Å². The van der Waals surface area contributed by atoms with E-state index in [4.69, 9.17) is 11.6 Å². The fraction of sp³-hybridized carbons (Fsp3) is 0.500. The Morgan fingerprint density at radius 1 is 1.47 bits per heavy atom. The molecular weight excluding hydrogens is 234 g/mol. The molecule has 0 bridgehead atoms. The molecule has 17 heavy (non-hydrogen) atoms. The highest BCUT2D eigenvalue weighted by molar-refractivity contribution is 6.33. The zero-order valence-corrected chi connectivity index (χ0v) is 10.9. The summed E-state index contributed by atoms with van der Waals surface area (Å²) in [4.78, 5) is 14.2. The Morgan fingerprint density at radius 3 is 2.94 bits per heavy atom. The Balaban J connectivity index is 2.05. The van der Waals surface area contributed by atoms with E-state index in [0.717, 1.165) is 19.5 Å². The fourth-order valence-corrected chi connectivity index (χ4v) is 2.68. The van der Waals surface area contributed by atoms with E-state index in [9.17, 15) is 4.79 Å². The molecule has 0 radical (unpaired) electrons. The van der Waals surface area contributed by atoms with Crippen LogP contribution in [0.4, 0.5) is 0 Å². The van der Waals surface area contributed by atoms with Gasteiger partial charge in [-0.25, -0.2) is 0 Å². The van der Waals surface area contributed by atoms with Crippen molar-refractivity contribution >= 4 is 17.5 Å². The number of likely N-dealkylation sites (tertiary alicyclic amines) is 1. The Labute approximate surface area is 108 Å². The van der Waals surface area contributed by atoms with Gasteiger partial charge in [-0.15, -0.1) is 0 Å². The van der Waals surface area contributed by atoms with Crippen molar-refractivity contribution in [2.75, 3.05) is 13.1 Å². The molecule has 1 fully saturated rings. The zero-order chi connectivity index (χ0) is 12.3. The molecule has 0 N–H and O–H groups in total. The summed E-state index contributed by atoms with van der Waals surface area (Å²) in [6.45, 7) is 3.95. The third-order valence-electron chi connectivity index (χ3n) is 3.37. The molecule has 0 unspecified atom stereocenters. The van der Waals surface area contributed by atoms with Gasteiger partial charge >= 0.3 is 0 Å². The van der Waals surface area contributed by atoms with Crippen LogP contribution in [0.5, 0.6) is 0 Å². The number of hydrogen-bond donors (Lipinski definition) is 0. The number of hydrogen-bond acceptors (Lipinski definition) is 1. The Bertz CT molecular complexity index is 405. The van der Waals surface area contributed by atoms with Crippen LogP contribution in [0, 0.1) is 5.92 Å². The summed E-state index contributed by atoms with van der Waals surface area (Å²) in [6, 6.07) is 7.29. The van der Waals surface area contributed by atoms with Gasteiger partial charge in [0, 0.05) is 13.1 Å². The van der Waals surface area contributed by atoms with Crippen LogP contribution in [0.1, 0.15) is 36.5 Å². The average molecular weight is 252 g/mol. The van der Waals surface area contributed by atoms with Crippen LogP contribution >= 0.6 is 11.6 Å². The lowest BCUT2D eigenvalue weighted by Gasteiger charge is -2.17. The maximum atomic E-state index is 12.3. The van der Waals surface area contributed by atoms with Gasteiger partial charge in [0.1, 0.15) is 0 Å². The van der Waals surface area contributed by atoms with Crippen LogP contribution in [0.3, 0.4) is 0 Å². The summed E-state index contributed by atoms with van der Waals surface area (Å²) < 4.78 is 0. The van der Waals surface area contributed by atoms with Crippen molar-refractivity contribution < 1.29 is 4.79 Å². The van der Waals surface area contributed by atoms with E-state index in [0.29, 0.717) is 16.5 Å². The number of rotatable bonds is 3. The van der Waals surface area contributed by atoms with Crippen molar-refractivity contribution in [1.29, 1.82) is 0 Å². The van der Waals surface area contributed by atoms with Crippen LogP contribution in [0.25, 0.3) is 0 Å². The summed E-state index contributed by atoms with van der Waals surface area (Å²) >= 11 is 6.05. The molecule has 92 valence electrons. The van der Waals surface area contributed by atoms with Gasteiger partial charge in [0.15, 0.2) is 0 Å². The van der Waals surface area contributed by atoms with Gasteiger partial charge in [0.05, 0.1) is 10.6 Å². The van der Waals surface area contributed by atoms with Crippen molar-refractivity contribution in [2.45, 2.75) is 26.2 Å². The van der Waals surface area contributed by atoms with Crippen molar-refractivity contribution in [3.05, 3.63) is 34.9 Å². The number of benzene rings is 1. The number of nitrogens with zero attached hydrogens (tertiary/aromatic N) is 1. The highest BCUT2D eigenvalue weighted by atomic mass is 35.5. The lowest BCUT2D eigenvalue weighted by Crippen LogP contribution is -2.28. The van der Waals surface area contributed by atoms with E-state index >= 15 is 0 Å². The molecule has 0 aliphatic carbocycles. The minimum atomic E-state index is 0.0780. The van der Waals surface area contributed by atoms with Gasteiger partial charge in [0.2, 0.25) is 0 Å². The Morgan fingerprint density at radius 2 is 2.24 bits per heavy atom. The van der Waals surface area contributed by atoms with E-state index in [1.807, 2.05) is 17.0 Å². The molecule has 1 heterocycles. The first-order valence-corrected chi connectivity index (χ1v) is 6.64. The summed E-state index contributed by atoms with van der Waals surface area (Å²) in [6.07, 6.45) is 3.54. The normalized spacial score (nSPS) is 19.6. The summed E-state index contributed by atoms with van der Waals surface area (Å²) in [7, 11) is 0. The lowest BCUT2D eigenvalue weighted by molar-refractivity contribution is 0.0786. The van der Waals surface area contributed by atoms with Crippen molar-refractivity contribution in [3.63, 3.8) is 0 Å². The van der Waals surface area contributed by atoms with Crippen molar-refractivity contribution in [2.24, 2.45) is 5.92 Å². The van der Waals surface area contributed by atoms with Crippen molar-refractivity contribution in [1.82, 2.24) is 4.90 Å². The van der Waals surface area contributed by atoms with E-state index in [1.165, 1.54) is 12.8 Å². The molecule has 1 amide bonds. The molecule has 1 saturated heterocycles. The first kappa shape index (κ1) is 12.4. The van der Waals surface area contributed by atoms with E-state index in [2.05, 4.69) is 6.92 Å². The van der Waals surface area contributed by atoms with Gasteiger partial charge in [-0.2, -0.15) is 0 Å². The molecular formula is C14H18ClNO. The van der Waals surface area contributed by atoms with Crippen LogP contribution < -0.4 is 0 Å². The number of carbonyl (C=O) groups is 1. The van der Waals surface area contributed by atoms with Gasteiger partial charge in [-0.05, 0) is 30.9 Å². The number of halogens is 1. The minimum absolute atomic E-state index is 0.0780. The van der Waals surface area contributed by atoms with E-state index in [1.54, 1.807) is 12.1 Å². The maximum absolute atomic E-state index is 12.3.